The molecule has 1 aromatic carbocycles. The van der Waals surface area contributed by atoms with Gasteiger partial charge in [-0.3, -0.25) is 0 Å². The van der Waals surface area contributed by atoms with Crippen LogP contribution in [0.25, 0.3) is 0 Å². The zero-order valence-corrected chi connectivity index (χ0v) is 9.65. The van der Waals surface area contributed by atoms with E-state index in [4.69, 9.17) is 5.11 Å². The molecule has 0 aliphatic carbocycles. The molecule has 0 aromatic heterocycles. The third-order valence-electron chi connectivity index (χ3n) is 2.17. The van der Waals surface area contributed by atoms with Gasteiger partial charge in [-0.05, 0) is 31.2 Å². The van der Waals surface area contributed by atoms with Crippen LogP contribution >= 0.6 is 15.9 Å². The SMILES string of the molecule is CC(C(=O)O)N(C)c1ccc(Br)cc1. The Morgan fingerprint density at radius 2 is 1.93 bits per heavy atom. The number of carboxylic acids is 1. The topological polar surface area (TPSA) is 40.5 Å². The van der Waals surface area contributed by atoms with Crippen LogP contribution in [0, 0.1) is 0 Å². The molecule has 0 amide bonds. The smallest absolute Gasteiger partial charge is 0.326 e. The van der Waals surface area contributed by atoms with Crippen molar-refractivity contribution in [1.82, 2.24) is 0 Å². The number of halogens is 1. The van der Waals surface area contributed by atoms with E-state index in [2.05, 4.69) is 15.9 Å². The predicted molar refractivity (Wildman–Crippen MR) is 59.6 cm³/mol. The maximum atomic E-state index is 10.7. The van der Waals surface area contributed by atoms with E-state index in [1.165, 1.54) is 0 Å². The predicted octanol–water partition coefficient (Wildman–Crippen LogP) is 2.36. The van der Waals surface area contributed by atoms with Crippen molar-refractivity contribution < 1.29 is 9.90 Å². The Hall–Kier alpha value is -1.03. The number of hydrogen-bond acceptors (Lipinski definition) is 2. The van der Waals surface area contributed by atoms with E-state index < -0.39 is 12.0 Å². The van der Waals surface area contributed by atoms with Gasteiger partial charge in [0.2, 0.25) is 0 Å². The van der Waals surface area contributed by atoms with E-state index in [0.29, 0.717) is 0 Å². The highest BCUT2D eigenvalue weighted by Gasteiger charge is 2.16. The van der Waals surface area contributed by atoms with Gasteiger partial charge in [-0.15, -0.1) is 0 Å². The molecule has 0 aliphatic rings. The average molecular weight is 258 g/mol. The Morgan fingerprint density at radius 3 is 2.36 bits per heavy atom. The van der Waals surface area contributed by atoms with Crippen molar-refractivity contribution >= 4 is 27.6 Å². The van der Waals surface area contributed by atoms with Gasteiger partial charge >= 0.3 is 5.97 Å². The number of nitrogens with zero attached hydrogens (tertiary/aromatic N) is 1. The van der Waals surface area contributed by atoms with Gasteiger partial charge in [-0.1, -0.05) is 15.9 Å². The number of carbonyl (C=O) groups is 1. The minimum absolute atomic E-state index is 0.517. The quantitative estimate of drug-likeness (QED) is 0.904. The molecule has 4 heteroatoms. The van der Waals surface area contributed by atoms with Crippen LogP contribution in [0.5, 0.6) is 0 Å². The summed E-state index contributed by atoms with van der Waals surface area (Å²) in [6.45, 7) is 1.66. The van der Waals surface area contributed by atoms with Gasteiger partial charge in [0.1, 0.15) is 6.04 Å². The minimum Gasteiger partial charge on any atom is -0.480 e. The maximum absolute atomic E-state index is 10.7. The molecule has 0 saturated carbocycles. The first-order valence-corrected chi connectivity index (χ1v) is 5.03. The van der Waals surface area contributed by atoms with Crippen LogP contribution < -0.4 is 4.90 Å². The van der Waals surface area contributed by atoms with E-state index in [9.17, 15) is 4.79 Å². The third kappa shape index (κ3) is 2.48. The number of aliphatic carboxylic acids is 1. The molecule has 0 spiro atoms. The molecule has 0 bridgehead atoms. The Morgan fingerprint density at radius 1 is 1.43 bits per heavy atom. The Balaban J connectivity index is 2.84. The van der Waals surface area contributed by atoms with Gasteiger partial charge in [0.25, 0.3) is 0 Å². The second kappa shape index (κ2) is 4.46. The number of hydrogen-bond donors (Lipinski definition) is 1. The molecule has 0 heterocycles. The van der Waals surface area contributed by atoms with Crippen LogP contribution in [0.15, 0.2) is 28.7 Å². The first-order chi connectivity index (χ1) is 6.52. The van der Waals surface area contributed by atoms with Crippen molar-refractivity contribution in [2.45, 2.75) is 13.0 Å². The monoisotopic (exact) mass is 257 g/mol. The number of anilines is 1. The van der Waals surface area contributed by atoms with E-state index in [1.807, 2.05) is 24.3 Å². The van der Waals surface area contributed by atoms with Gasteiger partial charge in [0.05, 0.1) is 0 Å². The van der Waals surface area contributed by atoms with E-state index in [1.54, 1.807) is 18.9 Å². The van der Waals surface area contributed by atoms with Gasteiger partial charge in [-0.25, -0.2) is 4.79 Å². The molecule has 1 aromatic rings. The van der Waals surface area contributed by atoms with Gasteiger partial charge in [0, 0.05) is 17.2 Å². The fourth-order valence-corrected chi connectivity index (χ4v) is 1.33. The van der Waals surface area contributed by atoms with E-state index >= 15 is 0 Å². The third-order valence-corrected chi connectivity index (χ3v) is 2.70. The summed E-state index contributed by atoms with van der Waals surface area (Å²) in [4.78, 5) is 12.4. The first kappa shape index (κ1) is 11.0. The summed E-state index contributed by atoms with van der Waals surface area (Å²) in [6.07, 6.45) is 0. The highest BCUT2D eigenvalue weighted by atomic mass is 79.9. The first-order valence-electron chi connectivity index (χ1n) is 4.23. The van der Waals surface area contributed by atoms with E-state index in [-0.39, 0.29) is 0 Å². The number of carboxylic acid groups (broad SMARTS) is 1. The molecular weight excluding hydrogens is 246 g/mol. The summed E-state index contributed by atoms with van der Waals surface area (Å²) in [5.74, 6) is -0.824. The molecule has 14 heavy (non-hydrogen) atoms. The Labute approximate surface area is 91.5 Å². The summed E-state index contributed by atoms with van der Waals surface area (Å²) in [7, 11) is 1.77. The average Bonchev–Trinajstić information content (AvgIpc) is 2.16. The molecule has 1 rings (SSSR count). The molecule has 0 radical (unpaired) electrons. The summed E-state index contributed by atoms with van der Waals surface area (Å²) >= 11 is 3.33. The van der Waals surface area contributed by atoms with Crippen molar-refractivity contribution in [3.8, 4) is 0 Å². The van der Waals surface area contributed by atoms with Crippen LogP contribution in [-0.4, -0.2) is 24.2 Å². The lowest BCUT2D eigenvalue weighted by atomic mass is 10.2. The van der Waals surface area contributed by atoms with Crippen LogP contribution in [0.1, 0.15) is 6.92 Å². The van der Waals surface area contributed by atoms with Crippen LogP contribution in [-0.2, 0) is 4.79 Å². The van der Waals surface area contributed by atoms with Gasteiger partial charge in [0.15, 0.2) is 0 Å². The fourth-order valence-electron chi connectivity index (χ4n) is 1.07. The standard InChI is InChI=1S/C10H12BrNO2/c1-7(10(13)14)12(2)9-5-3-8(11)4-6-9/h3-7H,1-2H3,(H,13,14). The Kier molecular flexibility index (Phi) is 3.52. The van der Waals surface area contributed by atoms with Gasteiger partial charge < -0.3 is 10.0 Å². The summed E-state index contributed by atoms with van der Waals surface area (Å²) in [5.41, 5.74) is 0.892. The lowest BCUT2D eigenvalue weighted by Crippen LogP contribution is -2.35. The zero-order chi connectivity index (χ0) is 10.7. The second-order valence-electron chi connectivity index (χ2n) is 3.10. The highest BCUT2D eigenvalue weighted by Crippen LogP contribution is 2.18. The van der Waals surface area contributed by atoms with Crippen LogP contribution in [0.2, 0.25) is 0 Å². The van der Waals surface area contributed by atoms with Crippen molar-refractivity contribution in [1.29, 1.82) is 0 Å². The number of rotatable bonds is 3. The number of benzene rings is 1. The van der Waals surface area contributed by atoms with E-state index in [0.717, 1.165) is 10.2 Å². The molecule has 1 N–H and O–H groups in total. The minimum atomic E-state index is -0.824. The molecule has 1 unspecified atom stereocenters. The van der Waals surface area contributed by atoms with Crippen LogP contribution in [0.3, 0.4) is 0 Å². The molecule has 1 atom stereocenters. The van der Waals surface area contributed by atoms with Crippen molar-refractivity contribution in [2.24, 2.45) is 0 Å². The lowest BCUT2D eigenvalue weighted by Gasteiger charge is -2.23. The normalized spacial score (nSPS) is 12.2. The summed E-state index contributed by atoms with van der Waals surface area (Å²) in [6, 6.07) is 7.02. The zero-order valence-electron chi connectivity index (χ0n) is 8.07. The largest absolute Gasteiger partial charge is 0.480 e. The summed E-state index contributed by atoms with van der Waals surface area (Å²) in [5, 5.41) is 8.82. The highest BCUT2D eigenvalue weighted by molar-refractivity contribution is 9.10. The molecular formula is C10H12BrNO2. The molecule has 76 valence electrons. The fraction of sp³-hybridized carbons (Fsp3) is 0.300. The molecule has 0 fully saturated rings. The van der Waals surface area contributed by atoms with Crippen molar-refractivity contribution in [2.75, 3.05) is 11.9 Å². The number of likely N-dealkylation sites (N-methyl/N-ethyl adjacent to an activating group) is 1. The molecule has 0 aliphatic heterocycles. The Bertz CT molecular complexity index is 323. The lowest BCUT2D eigenvalue weighted by molar-refractivity contribution is -0.138. The molecule has 0 saturated heterocycles. The second-order valence-corrected chi connectivity index (χ2v) is 4.02. The van der Waals surface area contributed by atoms with Crippen LogP contribution in [0.4, 0.5) is 5.69 Å². The van der Waals surface area contributed by atoms with Gasteiger partial charge in [-0.2, -0.15) is 0 Å². The summed E-state index contributed by atoms with van der Waals surface area (Å²) < 4.78 is 0.984. The van der Waals surface area contributed by atoms with Crippen molar-refractivity contribution in [3.05, 3.63) is 28.7 Å². The van der Waals surface area contributed by atoms with Crippen molar-refractivity contribution in [3.63, 3.8) is 0 Å². The molecule has 3 nitrogen and oxygen atoms in total. The maximum Gasteiger partial charge on any atom is 0.326 e.